The van der Waals surface area contributed by atoms with Crippen LogP contribution in [-0.4, -0.2) is 0 Å². The molecule has 0 bridgehead atoms. The van der Waals surface area contributed by atoms with Gasteiger partial charge in [0.1, 0.15) is 5.56 Å². The van der Waals surface area contributed by atoms with E-state index >= 15 is 0 Å². The lowest BCUT2D eigenvalue weighted by Crippen LogP contribution is -2.09. The third-order valence-corrected chi connectivity index (χ3v) is 1.93. The highest BCUT2D eigenvalue weighted by Gasteiger charge is 2.37. The Hall–Kier alpha value is -0.480. The summed E-state index contributed by atoms with van der Waals surface area (Å²) in [6, 6.07) is 1.87. The smallest absolute Gasteiger partial charge is 0.205 e. The van der Waals surface area contributed by atoms with Crippen LogP contribution in [0.25, 0.3) is 0 Å². The molecule has 0 spiro atoms. The topological polar surface area (TPSA) is 0 Å². The average Bonchev–Trinajstić information content (AvgIpc) is 1.95. The van der Waals surface area contributed by atoms with E-state index in [1.807, 2.05) is 0 Å². The maximum atomic E-state index is 12.8. The average molecular weight is 233 g/mol. The van der Waals surface area contributed by atoms with Crippen molar-refractivity contribution in [1.82, 2.24) is 0 Å². The van der Waals surface area contributed by atoms with Gasteiger partial charge in [0.05, 0.1) is 10.0 Å². The molecule has 0 saturated carbocycles. The molecule has 0 heterocycles. The summed E-state index contributed by atoms with van der Waals surface area (Å²) in [5, 5.41) is -1.30. The second-order valence-corrected chi connectivity index (χ2v) is 3.03. The molecule has 0 aliphatic heterocycles. The molecule has 0 nitrogen and oxygen atoms in total. The minimum Gasteiger partial charge on any atom is -0.205 e. The Morgan fingerprint density at radius 1 is 1.00 bits per heavy atom. The second-order valence-electron chi connectivity index (χ2n) is 2.22. The molecule has 72 valence electrons. The second kappa shape index (κ2) is 3.35. The molecule has 0 unspecified atom stereocenters. The molecular formula is C7H2Cl2F4. The van der Waals surface area contributed by atoms with Crippen molar-refractivity contribution in [2.24, 2.45) is 0 Å². The fourth-order valence-electron chi connectivity index (χ4n) is 0.787. The molecule has 0 aliphatic carbocycles. The highest BCUT2D eigenvalue weighted by atomic mass is 35.5. The molecule has 0 N–H and O–H groups in total. The van der Waals surface area contributed by atoms with E-state index < -0.39 is 27.6 Å². The molecule has 1 rings (SSSR count). The van der Waals surface area contributed by atoms with Crippen LogP contribution in [0, 0.1) is 5.82 Å². The van der Waals surface area contributed by atoms with Crippen LogP contribution in [0.5, 0.6) is 0 Å². The van der Waals surface area contributed by atoms with Gasteiger partial charge in [0.2, 0.25) is 0 Å². The zero-order chi connectivity index (χ0) is 10.2. The quantitative estimate of drug-likeness (QED) is 0.466. The Morgan fingerprint density at radius 2 is 1.46 bits per heavy atom. The summed E-state index contributed by atoms with van der Waals surface area (Å²) < 4.78 is 49.1. The first-order valence-corrected chi connectivity index (χ1v) is 3.80. The van der Waals surface area contributed by atoms with E-state index in [-0.39, 0.29) is 0 Å². The minimum atomic E-state index is -4.83. The Bertz CT molecular complexity index is 332. The van der Waals surface area contributed by atoms with Crippen LogP contribution in [0.3, 0.4) is 0 Å². The summed E-state index contributed by atoms with van der Waals surface area (Å²) in [4.78, 5) is 0. The number of rotatable bonds is 0. The Kier molecular flexibility index (Phi) is 2.73. The third-order valence-electron chi connectivity index (χ3n) is 1.33. The van der Waals surface area contributed by atoms with E-state index in [1.165, 1.54) is 0 Å². The monoisotopic (exact) mass is 232 g/mol. The van der Waals surface area contributed by atoms with Crippen molar-refractivity contribution in [3.05, 3.63) is 33.6 Å². The van der Waals surface area contributed by atoms with Crippen LogP contribution < -0.4 is 0 Å². The zero-order valence-electron chi connectivity index (χ0n) is 5.92. The standard InChI is InChI=1S/C7H2Cl2F4/c8-3-1-2-4(9)6(10)5(3)7(11,12)13/h1-2H. The van der Waals surface area contributed by atoms with Crippen LogP contribution in [0.15, 0.2) is 12.1 Å². The van der Waals surface area contributed by atoms with E-state index in [0.29, 0.717) is 0 Å². The molecule has 1 aromatic carbocycles. The van der Waals surface area contributed by atoms with Crippen molar-refractivity contribution in [2.75, 3.05) is 0 Å². The maximum Gasteiger partial charge on any atom is 0.420 e. The predicted molar refractivity (Wildman–Crippen MR) is 41.4 cm³/mol. The molecule has 13 heavy (non-hydrogen) atoms. The summed E-state index contributed by atoms with van der Waals surface area (Å²) in [6.45, 7) is 0. The van der Waals surface area contributed by atoms with Crippen molar-refractivity contribution >= 4 is 23.2 Å². The minimum absolute atomic E-state index is 0.600. The highest BCUT2D eigenvalue weighted by molar-refractivity contribution is 6.33. The van der Waals surface area contributed by atoms with Crippen molar-refractivity contribution in [1.29, 1.82) is 0 Å². The molecule has 0 radical (unpaired) electrons. The van der Waals surface area contributed by atoms with Crippen LogP contribution in [0.2, 0.25) is 10.0 Å². The number of halogens is 6. The lowest BCUT2D eigenvalue weighted by Gasteiger charge is -2.10. The van der Waals surface area contributed by atoms with Gasteiger partial charge in [0, 0.05) is 0 Å². The van der Waals surface area contributed by atoms with Crippen LogP contribution >= 0.6 is 23.2 Å². The molecule has 6 heteroatoms. The first-order chi connectivity index (χ1) is 5.84. The van der Waals surface area contributed by atoms with Crippen molar-refractivity contribution in [3.8, 4) is 0 Å². The molecule has 0 aliphatic rings. The van der Waals surface area contributed by atoms with E-state index in [1.54, 1.807) is 0 Å². The number of alkyl halides is 3. The Morgan fingerprint density at radius 3 is 1.85 bits per heavy atom. The lowest BCUT2D eigenvalue weighted by atomic mass is 10.2. The third kappa shape index (κ3) is 2.06. The summed E-state index contributed by atoms with van der Waals surface area (Å²) in [6.07, 6.45) is -4.83. The van der Waals surface area contributed by atoms with Crippen molar-refractivity contribution in [2.45, 2.75) is 6.18 Å². The van der Waals surface area contributed by atoms with Gasteiger partial charge in [-0.3, -0.25) is 0 Å². The number of benzene rings is 1. The molecule has 0 amide bonds. The zero-order valence-corrected chi connectivity index (χ0v) is 7.43. The van der Waals surface area contributed by atoms with Crippen molar-refractivity contribution < 1.29 is 17.6 Å². The van der Waals surface area contributed by atoms with Gasteiger partial charge in [-0.1, -0.05) is 23.2 Å². The molecule has 0 aromatic heterocycles. The molecule has 0 atom stereocenters. The summed E-state index contributed by atoms with van der Waals surface area (Å²) >= 11 is 10.3. The molecule has 0 saturated heterocycles. The van der Waals surface area contributed by atoms with Gasteiger partial charge in [0.15, 0.2) is 5.82 Å². The largest absolute Gasteiger partial charge is 0.420 e. The van der Waals surface area contributed by atoms with Crippen LogP contribution in [0.4, 0.5) is 17.6 Å². The van der Waals surface area contributed by atoms with Crippen LogP contribution in [-0.2, 0) is 6.18 Å². The van der Waals surface area contributed by atoms with Gasteiger partial charge >= 0.3 is 6.18 Å². The molecule has 1 aromatic rings. The summed E-state index contributed by atoms with van der Waals surface area (Å²) in [5.41, 5.74) is -1.53. The van der Waals surface area contributed by atoms with E-state index in [9.17, 15) is 17.6 Å². The first kappa shape index (κ1) is 10.6. The van der Waals surface area contributed by atoms with Gasteiger partial charge in [-0.05, 0) is 12.1 Å². The Balaban J connectivity index is 3.43. The molecular weight excluding hydrogens is 231 g/mol. The number of hydrogen-bond donors (Lipinski definition) is 0. The highest BCUT2D eigenvalue weighted by Crippen LogP contribution is 2.38. The van der Waals surface area contributed by atoms with E-state index in [4.69, 9.17) is 23.2 Å². The van der Waals surface area contributed by atoms with Crippen molar-refractivity contribution in [3.63, 3.8) is 0 Å². The fourth-order valence-corrected chi connectivity index (χ4v) is 1.20. The summed E-state index contributed by atoms with van der Waals surface area (Å²) in [7, 11) is 0. The SMILES string of the molecule is Fc1c(Cl)ccc(Cl)c1C(F)(F)F. The van der Waals surface area contributed by atoms with E-state index in [2.05, 4.69) is 0 Å². The summed E-state index contributed by atoms with van der Waals surface area (Å²) in [5.74, 6) is -1.54. The fraction of sp³-hybridized carbons (Fsp3) is 0.143. The Labute approximate surface area is 81.1 Å². The van der Waals surface area contributed by atoms with Gasteiger partial charge in [-0.15, -0.1) is 0 Å². The van der Waals surface area contributed by atoms with Gasteiger partial charge in [-0.25, -0.2) is 4.39 Å². The van der Waals surface area contributed by atoms with Gasteiger partial charge < -0.3 is 0 Å². The number of hydrogen-bond acceptors (Lipinski definition) is 0. The lowest BCUT2D eigenvalue weighted by molar-refractivity contribution is -0.139. The molecule has 0 fully saturated rings. The van der Waals surface area contributed by atoms with Gasteiger partial charge in [-0.2, -0.15) is 13.2 Å². The van der Waals surface area contributed by atoms with E-state index in [0.717, 1.165) is 12.1 Å². The predicted octanol–water partition coefficient (Wildman–Crippen LogP) is 4.15. The maximum absolute atomic E-state index is 12.8. The normalized spacial score (nSPS) is 11.8. The first-order valence-electron chi connectivity index (χ1n) is 3.04. The van der Waals surface area contributed by atoms with Crippen LogP contribution in [0.1, 0.15) is 5.56 Å². The van der Waals surface area contributed by atoms with Gasteiger partial charge in [0.25, 0.3) is 0 Å².